The summed E-state index contributed by atoms with van der Waals surface area (Å²) in [4.78, 5) is 11.6. The van der Waals surface area contributed by atoms with Crippen molar-refractivity contribution in [1.29, 1.82) is 0 Å². The quantitative estimate of drug-likeness (QED) is 0.837. The number of amides is 1. The number of benzene rings is 1. The maximum absolute atomic E-state index is 11.6. The molecule has 0 unspecified atom stereocenters. The summed E-state index contributed by atoms with van der Waals surface area (Å²) >= 11 is 0. The smallest absolute Gasteiger partial charge is 0.224 e. The Morgan fingerprint density at radius 2 is 2.06 bits per heavy atom. The fourth-order valence-electron chi connectivity index (χ4n) is 1.40. The van der Waals surface area contributed by atoms with Crippen LogP contribution in [0.4, 0.5) is 5.69 Å². The molecule has 0 aliphatic carbocycles. The minimum Gasteiger partial charge on any atom is -0.489 e. The van der Waals surface area contributed by atoms with Crippen molar-refractivity contribution in [3.05, 3.63) is 24.3 Å². The lowest BCUT2D eigenvalue weighted by atomic mass is 10.2. The minimum absolute atomic E-state index is 0. The van der Waals surface area contributed by atoms with Crippen molar-refractivity contribution in [2.75, 3.05) is 11.9 Å². The molecule has 0 fully saturated rings. The zero-order chi connectivity index (χ0) is 12.7. The van der Waals surface area contributed by atoms with Gasteiger partial charge in [-0.1, -0.05) is 12.1 Å². The zero-order valence-electron chi connectivity index (χ0n) is 10.8. The lowest BCUT2D eigenvalue weighted by Gasteiger charge is -2.14. The van der Waals surface area contributed by atoms with Crippen LogP contribution in [-0.4, -0.2) is 18.6 Å². The largest absolute Gasteiger partial charge is 0.489 e. The van der Waals surface area contributed by atoms with Crippen LogP contribution < -0.4 is 15.8 Å². The first-order chi connectivity index (χ1) is 8.13. The highest BCUT2D eigenvalue weighted by atomic mass is 35.5. The molecule has 1 aromatic carbocycles. The van der Waals surface area contributed by atoms with Crippen LogP contribution in [-0.2, 0) is 4.79 Å². The molecule has 0 bridgehead atoms. The fraction of sp³-hybridized carbons (Fsp3) is 0.462. The van der Waals surface area contributed by atoms with Gasteiger partial charge in [0.1, 0.15) is 5.75 Å². The predicted octanol–water partition coefficient (Wildman–Crippen LogP) is 2.57. The lowest BCUT2D eigenvalue weighted by Crippen LogP contribution is -2.15. The van der Waals surface area contributed by atoms with E-state index in [-0.39, 0.29) is 24.4 Å². The standard InChI is InChI=1S/C13H20N2O2.ClH/c1-10(2)17-12-7-4-3-6-11(12)15-13(16)8-5-9-14;/h3-4,6-7,10H,5,8-9,14H2,1-2H3,(H,15,16);1H. The molecule has 4 nitrogen and oxygen atoms in total. The summed E-state index contributed by atoms with van der Waals surface area (Å²) in [7, 11) is 0. The van der Waals surface area contributed by atoms with Crippen LogP contribution in [0.1, 0.15) is 26.7 Å². The van der Waals surface area contributed by atoms with Crippen LogP contribution in [0.5, 0.6) is 5.75 Å². The summed E-state index contributed by atoms with van der Waals surface area (Å²) in [6.45, 7) is 4.43. The number of nitrogens with one attached hydrogen (secondary N) is 1. The van der Waals surface area contributed by atoms with E-state index in [1.165, 1.54) is 0 Å². The maximum atomic E-state index is 11.6. The van der Waals surface area contributed by atoms with E-state index in [1.807, 2.05) is 38.1 Å². The summed E-state index contributed by atoms with van der Waals surface area (Å²) in [5, 5.41) is 2.83. The van der Waals surface area contributed by atoms with Crippen LogP contribution in [0.3, 0.4) is 0 Å². The molecule has 0 radical (unpaired) electrons. The number of halogens is 1. The molecule has 0 aliphatic heterocycles. The number of rotatable bonds is 6. The third-order valence-corrected chi connectivity index (χ3v) is 2.13. The van der Waals surface area contributed by atoms with E-state index in [1.54, 1.807) is 0 Å². The van der Waals surface area contributed by atoms with E-state index in [4.69, 9.17) is 10.5 Å². The van der Waals surface area contributed by atoms with Gasteiger partial charge in [0.2, 0.25) is 5.91 Å². The summed E-state index contributed by atoms with van der Waals surface area (Å²) in [6, 6.07) is 7.43. The van der Waals surface area contributed by atoms with Crippen molar-refractivity contribution in [3.63, 3.8) is 0 Å². The Morgan fingerprint density at radius 1 is 1.39 bits per heavy atom. The molecule has 0 aliphatic rings. The van der Waals surface area contributed by atoms with Crippen molar-refractivity contribution in [2.24, 2.45) is 5.73 Å². The average Bonchev–Trinajstić information content (AvgIpc) is 2.28. The first-order valence-corrected chi connectivity index (χ1v) is 5.89. The van der Waals surface area contributed by atoms with Gasteiger partial charge >= 0.3 is 0 Å². The van der Waals surface area contributed by atoms with E-state index in [0.29, 0.717) is 30.8 Å². The van der Waals surface area contributed by atoms with E-state index in [2.05, 4.69) is 5.32 Å². The van der Waals surface area contributed by atoms with Gasteiger partial charge in [-0.3, -0.25) is 4.79 Å². The van der Waals surface area contributed by atoms with E-state index < -0.39 is 0 Å². The van der Waals surface area contributed by atoms with Crippen molar-refractivity contribution < 1.29 is 9.53 Å². The van der Waals surface area contributed by atoms with Gasteiger partial charge in [-0.2, -0.15) is 0 Å². The van der Waals surface area contributed by atoms with Gasteiger partial charge < -0.3 is 15.8 Å². The topological polar surface area (TPSA) is 64.3 Å². The zero-order valence-corrected chi connectivity index (χ0v) is 11.6. The second-order valence-electron chi connectivity index (χ2n) is 4.10. The number of hydrogen-bond acceptors (Lipinski definition) is 3. The van der Waals surface area contributed by atoms with Gasteiger partial charge in [-0.05, 0) is 38.9 Å². The normalized spacial score (nSPS) is 9.78. The Labute approximate surface area is 114 Å². The number of nitrogens with two attached hydrogens (primary N) is 1. The number of para-hydroxylation sites is 2. The molecule has 5 heteroatoms. The molecule has 1 amide bonds. The maximum Gasteiger partial charge on any atom is 0.224 e. The molecule has 0 saturated heterocycles. The highest BCUT2D eigenvalue weighted by Gasteiger charge is 2.07. The van der Waals surface area contributed by atoms with E-state index in [0.717, 1.165) is 0 Å². The summed E-state index contributed by atoms with van der Waals surface area (Å²) in [5.41, 5.74) is 6.07. The molecule has 102 valence electrons. The molecule has 0 aromatic heterocycles. The Morgan fingerprint density at radius 3 is 2.67 bits per heavy atom. The van der Waals surface area contributed by atoms with Gasteiger partial charge in [-0.15, -0.1) is 12.4 Å². The van der Waals surface area contributed by atoms with E-state index in [9.17, 15) is 4.79 Å². The number of hydrogen-bond donors (Lipinski definition) is 2. The SMILES string of the molecule is CC(C)Oc1ccccc1NC(=O)CCCN.Cl. The lowest BCUT2D eigenvalue weighted by molar-refractivity contribution is -0.116. The second kappa shape index (κ2) is 8.78. The molecule has 0 spiro atoms. The highest BCUT2D eigenvalue weighted by Crippen LogP contribution is 2.24. The van der Waals surface area contributed by atoms with Crippen LogP contribution >= 0.6 is 12.4 Å². The third-order valence-electron chi connectivity index (χ3n) is 2.13. The number of ether oxygens (including phenoxy) is 1. The molecule has 0 saturated carbocycles. The molecular weight excluding hydrogens is 252 g/mol. The molecule has 0 atom stereocenters. The Hall–Kier alpha value is -1.26. The monoisotopic (exact) mass is 272 g/mol. The fourth-order valence-corrected chi connectivity index (χ4v) is 1.40. The Bertz CT molecular complexity index is 370. The summed E-state index contributed by atoms with van der Waals surface area (Å²) in [6.07, 6.45) is 1.21. The number of anilines is 1. The van der Waals surface area contributed by atoms with Crippen LogP contribution in [0.2, 0.25) is 0 Å². The van der Waals surface area contributed by atoms with Gasteiger partial charge in [-0.25, -0.2) is 0 Å². The Kier molecular flexibility index (Phi) is 8.16. The number of carbonyl (C=O) groups excluding carboxylic acids is 1. The van der Waals surface area contributed by atoms with Crippen molar-refractivity contribution in [2.45, 2.75) is 32.8 Å². The molecule has 3 N–H and O–H groups in total. The summed E-state index contributed by atoms with van der Waals surface area (Å²) < 4.78 is 5.61. The summed E-state index contributed by atoms with van der Waals surface area (Å²) in [5.74, 6) is 0.666. The first-order valence-electron chi connectivity index (χ1n) is 5.89. The minimum atomic E-state index is -0.0322. The molecular formula is C13H21ClN2O2. The van der Waals surface area contributed by atoms with Crippen LogP contribution in [0, 0.1) is 0 Å². The van der Waals surface area contributed by atoms with E-state index >= 15 is 0 Å². The van der Waals surface area contributed by atoms with Crippen molar-refractivity contribution in [3.8, 4) is 5.75 Å². The third kappa shape index (κ3) is 5.89. The van der Waals surface area contributed by atoms with Crippen LogP contribution in [0.15, 0.2) is 24.3 Å². The molecule has 18 heavy (non-hydrogen) atoms. The van der Waals surface area contributed by atoms with Crippen molar-refractivity contribution in [1.82, 2.24) is 0 Å². The van der Waals surface area contributed by atoms with Gasteiger partial charge in [0.25, 0.3) is 0 Å². The highest BCUT2D eigenvalue weighted by molar-refractivity contribution is 5.92. The molecule has 1 rings (SSSR count). The predicted molar refractivity (Wildman–Crippen MR) is 76.4 cm³/mol. The second-order valence-corrected chi connectivity index (χ2v) is 4.10. The van der Waals surface area contributed by atoms with Gasteiger partial charge in [0, 0.05) is 6.42 Å². The van der Waals surface area contributed by atoms with Gasteiger partial charge in [0.05, 0.1) is 11.8 Å². The molecule has 0 heterocycles. The van der Waals surface area contributed by atoms with Gasteiger partial charge in [0.15, 0.2) is 0 Å². The van der Waals surface area contributed by atoms with Crippen LogP contribution in [0.25, 0.3) is 0 Å². The van der Waals surface area contributed by atoms with Crippen molar-refractivity contribution >= 4 is 24.0 Å². The average molecular weight is 273 g/mol. The molecule has 1 aromatic rings. The first kappa shape index (κ1) is 16.7. The Balaban J connectivity index is 0.00000289. The number of carbonyl (C=O) groups is 1.